The molecule has 4 aromatic rings. The minimum atomic E-state index is -0.326. The highest BCUT2D eigenvalue weighted by Gasteiger charge is 2.14. The third kappa shape index (κ3) is 3.04. The maximum Gasteiger partial charge on any atom is 0.291 e. The van der Waals surface area contributed by atoms with Gasteiger partial charge in [0.2, 0.25) is 0 Å². The summed E-state index contributed by atoms with van der Waals surface area (Å²) < 4.78 is 12.7. The number of aromatic nitrogens is 2. The van der Waals surface area contributed by atoms with Crippen molar-refractivity contribution in [3.05, 3.63) is 78.0 Å². The van der Waals surface area contributed by atoms with Crippen molar-refractivity contribution in [2.45, 2.75) is 13.8 Å². The zero-order valence-corrected chi connectivity index (χ0v) is 14.4. The van der Waals surface area contributed by atoms with Crippen LogP contribution in [0.1, 0.15) is 21.9 Å². The van der Waals surface area contributed by atoms with Gasteiger partial charge in [0.15, 0.2) is 17.3 Å². The average molecular weight is 347 g/mol. The molecule has 6 heteroatoms. The molecule has 0 unspecified atom stereocenters. The molecule has 0 aliphatic rings. The van der Waals surface area contributed by atoms with E-state index in [4.69, 9.17) is 8.83 Å². The van der Waals surface area contributed by atoms with Crippen LogP contribution >= 0.6 is 0 Å². The molecule has 0 atom stereocenters. The number of anilines is 1. The normalized spacial score (nSPS) is 10.8. The van der Waals surface area contributed by atoms with Crippen LogP contribution in [0.25, 0.3) is 17.2 Å². The maximum absolute atomic E-state index is 12.5. The maximum atomic E-state index is 12.5. The Bertz CT molecular complexity index is 1060. The lowest BCUT2D eigenvalue weighted by Crippen LogP contribution is -2.11. The Morgan fingerprint density at radius 2 is 1.92 bits per heavy atom. The summed E-state index contributed by atoms with van der Waals surface area (Å²) >= 11 is 0. The van der Waals surface area contributed by atoms with Crippen molar-refractivity contribution >= 4 is 11.6 Å². The molecule has 0 aliphatic carbocycles. The van der Waals surface area contributed by atoms with Gasteiger partial charge in [-0.3, -0.25) is 4.79 Å². The molecular formula is C20H17N3O3. The van der Waals surface area contributed by atoms with Crippen LogP contribution in [0.15, 0.2) is 69.7 Å². The number of aryl methyl sites for hydroxylation is 2. The van der Waals surface area contributed by atoms with E-state index in [-0.39, 0.29) is 11.7 Å². The Hall–Kier alpha value is -3.54. The molecular weight excluding hydrogens is 330 g/mol. The summed E-state index contributed by atoms with van der Waals surface area (Å²) in [6.07, 6.45) is 1.56. The van der Waals surface area contributed by atoms with Gasteiger partial charge in [0.05, 0.1) is 17.6 Å². The summed E-state index contributed by atoms with van der Waals surface area (Å²) in [5.41, 5.74) is 3.51. The van der Waals surface area contributed by atoms with Gasteiger partial charge in [0.1, 0.15) is 0 Å². The van der Waals surface area contributed by atoms with Crippen LogP contribution in [0.5, 0.6) is 0 Å². The molecule has 6 nitrogen and oxygen atoms in total. The Morgan fingerprint density at radius 1 is 1.04 bits per heavy atom. The topological polar surface area (TPSA) is 73.2 Å². The Balaban J connectivity index is 1.55. The number of hydrogen-bond donors (Lipinski definition) is 1. The van der Waals surface area contributed by atoms with Gasteiger partial charge in [-0.25, -0.2) is 4.68 Å². The quantitative estimate of drug-likeness (QED) is 0.586. The molecule has 1 amide bonds. The standard InChI is InChI=1S/C20H17N3O3/c1-13-11-14(2)23(22-13)16-6-3-5-15(12-16)21-20(24)19-9-8-18(26-19)17-7-4-10-25-17/h3-12H,1-2H3,(H,21,24). The molecule has 3 aromatic heterocycles. The second kappa shape index (κ2) is 6.40. The number of benzene rings is 1. The van der Waals surface area contributed by atoms with E-state index in [0.29, 0.717) is 17.2 Å². The number of amides is 1. The molecule has 0 fully saturated rings. The van der Waals surface area contributed by atoms with E-state index < -0.39 is 0 Å². The zero-order chi connectivity index (χ0) is 18.1. The molecule has 130 valence electrons. The lowest BCUT2D eigenvalue weighted by atomic mass is 10.2. The molecule has 26 heavy (non-hydrogen) atoms. The van der Waals surface area contributed by atoms with E-state index in [1.165, 1.54) is 0 Å². The second-order valence-corrected chi connectivity index (χ2v) is 5.98. The number of carbonyl (C=O) groups is 1. The van der Waals surface area contributed by atoms with Crippen molar-refractivity contribution in [3.63, 3.8) is 0 Å². The van der Waals surface area contributed by atoms with E-state index in [1.807, 2.05) is 48.9 Å². The largest absolute Gasteiger partial charge is 0.461 e. The smallest absolute Gasteiger partial charge is 0.291 e. The van der Waals surface area contributed by atoms with Gasteiger partial charge in [-0.1, -0.05) is 6.07 Å². The summed E-state index contributed by atoms with van der Waals surface area (Å²) in [4.78, 5) is 12.5. The van der Waals surface area contributed by atoms with Crippen LogP contribution in [-0.2, 0) is 0 Å². The van der Waals surface area contributed by atoms with Gasteiger partial charge >= 0.3 is 0 Å². The zero-order valence-electron chi connectivity index (χ0n) is 14.4. The third-order valence-electron chi connectivity index (χ3n) is 3.95. The first kappa shape index (κ1) is 16.0. The predicted molar refractivity (Wildman–Crippen MR) is 97.4 cm³/mol. The van der Waals surface area contributed by atoms with Gasteiger partial charge < -0.3 is 14.2 Å². The summed E-state index contributed by atoms with van der Waals surface area (Å²) in [5.74, 6) is 0.980. The minimum Gasteiger partial charge on any atom is -0.461 e. The van der Waals surface area contributed by atoms with Crippen LogP contribution in [0, 0.1) is 13.8 Å². The van der Waals surface area contributed by atoms with E-state index in [9.17, 15) is 4.79 Å². The summed E-state index contributed by atoms with van der Waals surface area (Å²) in [6.45, 7) is 3.94. The molecule has 0 bridgehead atoms. The van der Waals surface area contributed by atoms with E-state index >= 15 is 0 Å². The highest BCUT2D eigenvalue weighted by molar-refractivity contribution is 6.02. The number of hydrogen-bond acceptors (Lipinski definition) is 4. The van der Waals surface area contributed by atoms with E-state index in [2.05, 4.69) is 10.4 Å². The van der Waals surface area contributed by atoms with Crippen molar-refractivity contribution in [2.24, 2.45) is 0 Å². The van der Waals surface area contributed by atoms with Crippen molar-refractivity contribution < 1.29 is 13.6 Å². The van der Waals surface area contributed by atoms with Crippen molar-refractivity contribution in [3.8, 4) is 17.2 Å². The molecule has 0 saturated heterocycles. The molecule has 0 aliphatic heterocycles. The van der Waals surface area contributed by atoms with Gasteiger partial charge in [-0.05, 0) is 62.4 Å². The summed E-state index contributed by atoms with van der Waals surface area (Å²) in [7, 11) is 0. The van der Waals surface area contributed by atoms with Gasteiger partial charge in [-0.2, -0.15) is 5.10 Å². The van der Waals surface area contributed by atoms with E-state index in [0.717, 1.165) is 17.1 Å². The van der Waals surface area contributed by atoms with Gasteiger partial charge in [0, 0.05) is 11.4 Å². The number of furan rings is 2. The average Bonchev–Trinajstić information content (AvgIpc) is 3.35. The fourth-order valence-corrected chi connectivity index (χ4v) is 2.81. The van der Waals surface area contributed by atoms with Crippen LogP contribution in [0.2, 0.25) is 0 Å². The number of rotatable bonds is 4. The Labute approximate surface area is 150 Å². The predicted octanol–water partition coefficient (Wildman–Crippen LogP) is 4.59. The lowest BCUT2D eigenvalue weighted by Gasteiger charge is -2.08. The van der Waals surface area contributed by atoms with E-state index in [1.54, 1.807) is 30.5 Å². The molecule has 0 radical (unpaired) electrons. The number of carbonyl (C=O) groups excluding carboxylic acids is 1. The summed E-state index contributed by atoms with van der Waals surface area (Å²) in [6, 6.07) is 16.4. The second-order valence-electron chi connectivity index (χ2n) is 5.98. The van der Waals surface area contributed by atoms with Crippen LogP contribution < -0.4 is 5.32 Å². The highest BCUT2D eigenvalue weighted by Crippen LogP contribution is 2.23. The SMILES string of the molecule is Cc1cc(C)n(-c2cccc(NC(=O)c3ccc(-c4ccco4)o3)c2)n1. The molecule has 4 rings (SSSR count). The first-order chi connectivity index (χ1) is 12.6. The highest BCUT2D eigenvalue weighted by atomic mass is 16.4. The first-order valence-electron chi connectivity index (χ1n) is 8.19. The lowest BCUT2D eigenvalue weighted by molar-refractivity contribution is 0.0997. The van der Waals surface area contributed by atoms with Crippen LogP contribution in [0.3, 0.4) is 0 Å². The molecule has 1 N–H and O–H groups in total. The van der Waals surface area contributed by atoms with Crippen LogP contribution in [-0.4, -0.2) is 15.7 Å². The van der Waals surface area contributed by atoms with Crippen molar-refractivity contribution in [1.29, 1.82) is 0 Å². The Morgan fingerprint density at radius 3 is 2.65 bits per heavy atom. The third-order valence-corrected chi connectivity index (χ3v) is 3.95. The molecule has 1 aromatic carbocycles. The monoisotopic (exact) mass is 347 g/mol. The van der Waals surface area contributed by atoms with Crippen molar-refractivity contribution in [1.82, 2.24) is 9.78 Å². The number of nitrogens with zero attached hydrogens (tertiary/aromatic N) is 2. The fraction of sp³-hybridized carbons (Fsp3) is 0.100. The molecule has 0 spiro atoms. The molecule has 3 heterocycles. The minimum absolute atomic E-state index is 0.216. The van der Waals surface area contributed by atoms with Crippen molar-refractivity contribution in [2.75, 3.05) is 5.32 Å². The van der Waals surface area contributed by atoms with Gasteiger partial charge in [0.25, 0.3) is 5.91 Å². The molecule has 0 saturated carbocycles. The van der Waals surface area contributed by atoms with Gasteiger partial charge in [-0.15, -0.1) is 0 Å². The first-order valence-corrected chi connectivity index (χ1v) is 8.19. The fourth-order valence-electron chi connectivity index (χ4n) is 2.81. The van der Waals surface area contributed by atoms with Crippen LogP contribution in [0.4, 0.5) is 5.69 Å². The Kier molecular flexibility index (Phi) is 3.93. The number of nitrogens with one attached hydrogen (secondary N) is 1. The summed E-state index contributed by atoms with van der Waals surface area (Å²) in [5, 5.41) is 7.31.